The van der Waals surface area contributed by atoms with Gasteiger partial charge in [0.05, 0.1) is 0 Å². The molecule has 0 radical (unpaired) electrons. The molecular formula is C5H11NO3S. The van der Waals surface area contributed by atoms with E-state index in [1.165, 1.54) is 0 Å². The van der Waals surface area contributed by atoms with Crippen molar-refractivity contribution in [3.05, 3.63) is 0 Å². The van der Waals surface area contributed by atoms with Gasteiger partial charge in [0, 0.05) is 0 Å². The summed E-state index contributed by atoms with van der Waals surface area (Å²) in [6.07, 6.45) is 2.39. The third-order valence-electron chi connectivity index (χ3n) is 1.62. The van der Waals surface area contributed by atoms with Gasteiger partial charge in [-0.15, -0.1) is 0 Å². The fourth-order valence-corrected chi connectivity index (χ4v) is 1.87. The predicted octanol–water partition coefficient (Wildman–Crippen LogP) is -0.0262. The molecule has 0 saturated carbocycles. The van der Waals surface area contributed by atoms with Gasteiger partial charge >= 0.3 is 0 Å². The van der Waals surface area contributed by atoms with Gasteiger partial charge in [-0.3, -0.25) is 9.87 Å². The molecule has 10 heavy (non-hydrogen) atoms. The molecule has 1 atom stereocenters. The topological polar surface area (TPSA) is 66.4 Å². The fraction of sp³-hybridized carbons (Fsp3) is 1.00. The number of hydrogen-bond donors (Lipinski definition) is 2. The first-order valence-corrected chi connectivity index (χ1v) is 4.81. The van der Waals surface area contributed by atoms with Crippen molar-refractivity contribution in [3.8, 4) is 0 Å². The smallest absolute Gasteiger partial charge is 0.281 e. The molecule has 0 spiro atoms. The third kappa shape index (κ3) is 1.93. The SMILES string of the molecule is O=S(=O)(O)C1CCCCN1. The summed E-state index contributed by atoms with van der Waals surface area (Å²) < 4.78 is 29.5. The van der Waals surface area contributed by atoms with Crippen molar-refractivity contribution in [2.45, 2.75) is 24.6 Å². The van der Waals surface area contributed by atoms with E-state index < -0.39 is 15.5 Å². The molecule has 0 aromatic carbocycles. The average Bonchev–Trinajstić information content (AvgIpc) is 1.88. The number of rotatable bonds is 1. The third-order valence-corrected chi connectivity index (χ3v) is 2.75. The summed E-state index contributed by atoms with van der Waals surface area (Å²) in [5.41, 5.74) is 0. The van der Waals surface area contributed by atoms with Crippen LogP contribution in [0.4, 0.5) is 0 Å². The van der Waals surface area contributed by atoms with Crippen LogP contribution in [0, 0.1) is 0 Å². The van der Waals surface area contributed by atoms with Crippen LogP contribution >= 0.6 is 0 Å². The molecule has 1 aliphatic heterocycles. The summed E-state index contributed by atoms with van der Waals surface area (Å²) in [5, 5.41) is 2.00. The van der Waals surface area contributed by atoms with Crippen LogP contribution < -0.4 is 5.32 Å². The average molecular weight is 165 g/mol. The standard InChI is InChI=1S/C5H11NO3S/c7-10(8,9)5-3-1-2-4-6-5/h5-6H,1-4H2,(H,7,8,9). The van der Waals surface area contributed by atoms with E-state index in [2.05, 4.69) is 5.32 Å². The maximum absolute atomic E-state index is 10.5. The summed E-state index contributed by atoms with van der Waals surface area (Å²) in [6, 6.07) is 0. The summed E-state index contributed by atoms with van der Waals surface area (Å²) in [7, 11) is -3.84. The molecule has 60 valence electrons. The van der Waals surface area contributed by atoms with E-state index in [1.54, 1.807) is 0 Å². The Hall–Kier alpha value is -0.130. The highest BCUT2D eigenvalue weighted by Gasteiger charge is 2.23. The van der Waals surface area contributed by atoms with Gasteiger partial charge in [0.25, 0.3) is 10.1 Å². The number of nitrogens with one attached hydrogen (secondary N) is 1. The molecule has 0 aliphatic carbocycles. The van der Waals surface area contributed by atoms with Gasteiger partial charge in [0.2, 0.25) is 0 Å². The molecule has 1 saturated heterocycles. The van der Waals surface area contributed by atoms with E-state index in [9.17, 15) is 8.42 Å². The zero-order chi connectivity index (χ0) is 7.61. The molecule has 5 heteroatoms. The van der Waals surface area contributed by atoms with Crippen molar-refractivity contribution < 1.29 is 13.0 Å². The van der Waals surface area contributed by atoms with Gasteiger partial charge in [0.15, 0.2) is 0 Å². The highest BCUT2D eigenvalue weighted by Crippen LogP contribution is 2.10. The monoisotopic (exact) mass is 165 g/mol. The van der Waals surface area contributed by atoms with Crippen LogP contribution in [0.5, 0.6) is 0 Å². The molecule has 0 aromatic heterocycles. The van der Waals surface area contributed by atoms with Crippen molar-refractivity contribution in [2.24, 2.45) is 0 Å². The minimum atomic E-state index is -3.84. The van der Waals surface area contributed by atoms with Crippen molar-refractivity contribution in [3.63, 3.8) is 0 Å². The minimum Gasteiger partial charge on any atom is -0.299 e. The van der Waals surface area contributed by atoms with Crippen LogP contribution in [-0.4, -0.2) is 24.9 Å². The number of hydrogen-bond acceptors (Lipinski definition) is 3. The molecule has 1 aliphatic rings. The van der Waals surface area contributed by atoms with E-state index in [0.717, 1.165) is 12.8 Å². The van der Waals surface area contributed by atoms with E-state index in [0.29, 0.717) is 13.0 Å². The van der Waals surface area contributed by atoms with E-state index in [-0.39, 0.29) is 0 Å². The Labute approximate surface area is 60.4 Å². The lowest BCUT2D eigenvalue weighted by molar-refractivity contribution is 0.410. The highest BCUT2D eigenvalue weighted by atomic mass is 32.2. The zero-order valence-corrected chi connectivity index (χ0v) is 6.39. The zero-order valence-electron chi connectivity index (χ0n) is 5.58. The van der Waals surface area contributed by atoms with Crippen LogP contribution in [0.1, 0.15) is 19.3 Å². The van der Waals surface area contributed by atoms with Crippen molar-refractivity contribution in [1.82, 2.24) is 5.32 Å². The van der Waals surface area contributed by atoms with E-state index in [1.807, 2.05) is 0 Å². The van der Waals surface area contributed by atoms with Crippen LogP contribution in [-0.2, 0) is 10.1 Å². The molecule has 1 fully saturated rings. The van der Waals surface area contributed by atoms with Crippen molar-refractivity contribution in [2.75, 3.05) is 6.54 Å². The summed E-state index contributed by atoms with van der Waals surface area (Å²) in [5.74, 6) is 0. The Morgan fingerprint density at radius 3 is 2.40 bits per heavy atom. The predicted molar refractivity (Wildman–Crippen MR) is 37.2 cm³/mol. The van der Waals surface area contributed by atoms with Crippen molar-refractivity contribution in [1.29, 1.82) is 0 Å². The maximum atomic E-state index is 10.5. The van der Waals surface area contributed by atoms with Crippen molar-refractivity contribution >= 4 is 10.1 Å². The molecular weight excluding hydrogens is 154 g/mol. The summed E-state index contributed by atoms with van der Waals surface area (Å²) >= 11 is 0. The molecule has 2 N–H and O–H groups in total. The maximum Gasteiger partial charge on any atom is 0.281 e. The second-order valence-electron chi connectivity index (χ2n) is 2.45. The Morgan fingerprint density at radius 2 is 2.10 bits per heavy atom. The fourth-order valence-electron chi connectivity index (χ4n) is 1.07. The van der Waals surface area contributed by atoms with Crippen LogP contribution in [0.15, 0.2) is 0 Å². The molecule has 0 bridgehead atoms. The first-order chi connectivity index (χ1) is 4.61. The minimum absolute atomic E-state index is 0.527. The Kier molecular flexibility index (Phi) is 2.28. The van der Waals surface area contributed by atoms with E-state index in [4.69, 9.17) is 4.55 Å². The Bertz CT molecular complexity index is 193. The molecule has 0 aromatic rings. The van der Waals surface area contributed by atoms with Gasteiger partial charge in [-0.2, -0.15) is 8.42 Å². The van der Waals surface area contributed by atoms with Gasteiger partial charge in [-0.25, -0.2) is 0 Å². The number of piperidine rings is 1. The second-order valence-corrected chi connectivity index (χ2v) is 4.05. The Morgan fingerprint density at radius 1 is 1.40 bits per heavy atom. The van der Waals surface area contributed by atoms with Crippen LogP contribution in [0.2, 0.25) is 0 Å². The molecule has 1 unspecified atom stereocenters. The molecule has 0 amide bonds. The van der Waals surface area contributed by atoms with Gasteiger partial charge < -0.3 is 0 Å². The lowest BCUT2D eigenvalue weighted by Crippen LogP contribution is -2.39. The molecule has 1 rings (SSSR count). The van der Waals surface area contributed by atoms with Crippen LogP contribution in [0.3, 0.4) is 0 Å². The second kappa shape index (κ2) is 2.86. The van der Waals surface area contributed by atoms with E-state index >= 15 is 0 Å². The largest absolute Gasteiger partial charge is 0.299 e. The first kappa shape index (κ1) is 7.97. The normalized spacial score (nSPS) is 28.3. The molecule has 1 heterocycles. The summed E-state index contributed by atoms with van der Waals surface area (Å²) in [6.45, 7) is 0.685. The van der Waals surface area contributed by atoms with Gasteiger partial charge in [-0.05, 0) is 25.8 Å². The lowest BCUT2D eigenvalue weighted by Gasteiger charge is -2.19. The lowest BCUT2D eigenvalue weighted by atomic mass is 10.2. The first-order valence-electron chi connectivity index (χ1n) is 3.30. The molecule has 4 nitrogen and oxygen atoms in total. The van der Waals surface area contributed by atoms with Gasteiger partial charge in [0.1, 0.15) is 5.37 Å². The van der Waals surface area contributed by atoms with Gasteiger partial charge in [-0.1, -0.05) is 0 Å². The Balaban J connectivity index is 2.56. The summed E-state index contributed by atoms with van der Waals surface area (Å²) in [4.78, 5) is 0. The highest BCUT2D eigenvalue weighted by molar-refractivity contribution is 7.86. The quantitative estimate of drug-likeness (QED) is 0.536. The van der Waals surface area contributed by atoms with Crippen LogP contribution in [0.25, 0.3) is 0 Å².